The molecule has 0 unspecified atom stereocenters. The molecule has 1 aliphatic carbocycles. The first-order valence-electron chi connectivity index (χ1n) is 6.49. The Kier molecular flexibility index (Phi) is 4.24. The molecule has 1 aromatic heterocycles. The molecule has 0 atom stereocenters. The van der Waals surface area contributed by atoms with Gasteiger partial charge in [0.1, 0.15) is 14.8 Å². The summed E-state index contributed by atoms with van der Waals surface area (Å²) in [5.74, 6) is -0.700. The number of sulfone groups is 1. The molecular formula is C12H19N3O3S2. The van der Waals surface area contributed by atoms with Gasteiger partial charge < -0.3 is 16.8 Å². The molecule has 1 fully saturated rings. The first-order valence-corrected chi connectivity index (χ1v) is 9.20. The van der Waals surface area contributed by atoms with Crippen molar-refractivity contribution in [2.75, 3.05) is 17.3 Å². The second-order valence-electron chi connectivity index (χ2n) is 5.12. The van der Waals surface area contributed by atoms with Gasteiger partial charge in [-0.25, -0.2) is 8.42 Å². The van der Waals surface area contributed by atoms with Crippen molar-refractivity contribution in [2.45, 2.75) is 43.0 Å². The third-order valence-corrected chi connectivity index (χ3v) is 5.88. The van der Waals surface area contributed by atoms with Gasteiger partial charge in [-0.15, -0.1) is 11.3 Å². The smallest absolute Gasteiger partial charge is 0.261 e. The van der Waals surface area contributed by atoms with Gasteiger partial charge in [-0.05, 0) is 12.8 Å². The summed E-state index contributed by atoms with van der Waals surface area (Å²) in [4.78, 5) is 11.4. The lowest BCUT2D eigenvalue weighted by Gasteiger charge is -2.23. The number of thiophene rings is 1. The van der Waals surface area contributed by atoms with Crippen LogP contribution in [0.3, 0.4) is 0 Å². The maximum atomic E-state index is 11.9. The lowest BCUT2D eigenvalue weighted by atomic mass is 9.96. The van der Waals surface area contributed by atoms with Gasteiger partial charge in [-0.1, -0.05) is 19.3 Å². The molecule has 0 bridgehead atoms. The third kappa shape index (κ3) is 3.06. The van der Waals surface area contributed by atoms with Crippen LogP contribution in [0.1, 0.15) is 41.8 Å². The number of carbonyl (C=O) groups is 1. The van der Waals surface area contributed by atoms with Gasteiger partial charge in [0.25, 0.3) is 5.91 Å². The second kappa shape index (κ2) is 5.61. The Morgan fingerprint density at radius 2 is 1.90 bits per heavy atom. The Bertz CT molecular complexity index is 616. The molecule has 1 heterocycles. The van der Waals surface area contributed by atoms with Crippen molar-refractivity contribution in [3.63, 3.8) is 0 Å². The summed E-state index contributed by atoms with van der Waals surface area (Å²) in [7, 11) is -3.51. The highest BCUT2D eigenvalue weighted by Crippen LogP contribution is 2.40. The van der Waals surface area contributed by atoms with Crippen LogP contribution in [0.15, 0.2) is 4.90 Å². The van der Waals surface area contributed by atoms with Gasteiger partial charge in [-0.2, -0.15) is 0 Å². The second-order valence-corrected chi connectivity index (χ2v) is 8.09. The Hall–Kier alpha value is -1.28. The first-order chi connectivity index (χ1) is 9.30. The number of anilines is 2. The van der Waals surface area contributed by atoms with Crippen molar-refractivity contribution >= 4 is 37.8 Å². The number of nitrogen functional groups attached to an aromatic ring is 1. The van der Waals surface area contributed by atoms with E-state index in [1.165, 1.54) is 6.42 Å². The molecule has 112 valence electrons. The van der Waals surface area contributed by atoms with Crippen LogP contribution >= 0.6 is 11.3 Å². The molecule has 6 nitrogen and oxygen atoms in total. The van der Waals surface area contributed by atoms with Crippen LogP contribution in [0.4, 0.5) is 10.7 Å². The van der Waals surface area contributed by atoms with Gasteiger partial charge in [0.2, 0.25) is 0 Å². The number of amides is 1. The molecule has 0 aromatic carbocycles. The number of primary amides is 1. The summed E-state index contributed by atoms with van der Waals surface area (Å²) in [6, 6.07) is 0.225. The Morgan fingerprint density at radius 1 is 1.30 bits per heavy atom. The van der Waals surface area contributed by atoms with E-state index in [1.54, 1.807) is 0 Å². The highest BCUT2D eigenvalue weighted by atomic mass is 32.2. The van der Waals surface area contributed by atoms with E-state index in [-0.39, 0.29) is 21.5 Å². The minimum absolute atomic E-state index is 0.00173. The zero-order valence-electron chi connectivity index (χ0n) is 11.3. The van der Waals surface area contributed by atoms with E-state index < -0.39 is 15.7 Å². The predicted molar refractivity (Wildman–Crippen MR) is 80.9 cm³/mol. The van der Waals surface area contributed by atoms with Crippen molar-refractivity contribution < 1.29 is 13.2 Å². The van der Waals surface area contributed by atoms with Crippen LogP contribution < -0.4 is 16.8 Å². The summed E-state index contributed by atoms with van der Waals surface area (Å²) < 4.78 is 23.8. The molecule has 1 aliphatic rings. The lowest BCUT2D eigenvalue weighted by molar-refractivity contribution is 0.100. The van der Waals surface area contributed by atoms with Gasteiger partial charge in [0.05, 0.1) is 5.69 Å². The topological polar surface area (TPSA) is 115 Å². The monoisotopic (exact) mass is 317 g/mol. The number of hydrogen-bond donors (Lipinski definition) is 3. The van der Waals surface area contributed by atoms with E-state index >= 15 is 0 Å². The molecule has 0 saturated heterocycles. The molecule has 2 rings (SSSR count). The zero-order valence-corrected chi connectivity index (χ0v) is 12.9. The van der Waals surface area contributed by atoms with Crippen LogP contribution in [-0.4, -0.2) is 26.6 Å². The largest absolute Gasteiger partial charge is 0.396 e. The average molecular weight is 317 g/mol. The van der Waals surface area contributed by atoms with E-state index in [9.17, 15) is 13.2 Å². The van der Waals surface area contributed by atoms with Crippen LogP contribution in [0.5, 0.6) is 0 Å². The Balaban J connectivity index is 2.40. The normalized spacial score (nSPS) is 17.1. The van der Waals surface area contributed by atoms with Crippen LogP contribution in [0.25, 0.3) is 0 Å². The highest BCUT2D eigenvalue weighted by molar-refractivity contribution is 7.91. The molecular weight excluding hydrogens is 298 g/mol. The maximum Gasteiger partial charge on any atom is 0.261 e. The summed E-state index contributed by atoms with van der Waals surface area (Å²) in [5, 5.41) is 3.66. The van der Waals surface area contributed by atoms with Crippen molar-refractivity contribution in [1.29, 1.82) is 0 Å². The fraction of sp³-hybridized carbons (Fsp3) is 0.583. The lowest BCUT2D eigenvalue weighted by Crippen LogP contribution is -2.22. The first kappa shape index (κ1) is 15.1. The number of rotatable bonds is 4. The molecule has 20 heavy (non-hydrogen) atoms. The summed E-state index contributed by atoms with van der Waals surface area (Å²) in [6.07, 6.45) is 6.52. The number of hydrogen-bond acceptors (Lipinski definition) is 6. The minimum Gasteiger partial charge on any atom is -0.396 e. The van der Waals surface area contributed by atoms with E-state index in [0.29, 0.717) is 5.00 Å². The van der Waals surface area contributed by atoms with Crippen LogP contribution in [-0.2, 0) is 9.84 Å². The number of nitrogens with two attached hydrogens (primary N) is 2. The van der Waals surface area contributed by atoms with Gasteiger partial charge in [0.15, 0.2) is 9.84 Å². The zero-order chi connectivity index (χ0) is 14.9. The van der Waals surface area contributed by atoms with E-state index in [2.05, 4.69) is 5.32 Å². The highest BCUT2D eigenvalue weighted by Gasteiger charge is 2.27. The maximum absolute atomic E-state index is 11.9. The summed E-state index contributed by atoms with van der Waals surface area (Å²) >= 11 is 1.02. The molecule has 1 amide bonds. The quantitative estimate of drug-likeness (QED) is 0.779. The fourth-order valence-electron chi connectivity index (χ4n) is 2.51. The molecule has 5 N–H and O–H groups in total. The van der Waals surface area contributed by atoms with Crippen LogP contribution in [0, 0.1) is 0 Å². The van der Waals surface area contributed by atoms with E-state index in [1.807, 2.05) is 0 Å². The molecule has 1 saturated carbocycles. The molecule has 8 heteroatoms. The van der Waals surface area contributed by atoms with Gasteiger partial charge >= 0.3 is 0 Å². The fourth-order valence-corrected chi connectivity index (χ4v) is 4.99. The van der Waals surface area contributed by atoms with Crippen LogP contribution in [0.2, 0.25) is 0 Å². The standard InChI is InChI=1S/C12H19N3O3S2/c1-20(17,18)10-8(13)9(11(14)16)19-12(10)15-7-5-3-2-4-6-7/h7,15H,2-6,13H2,1H3,(H2,14,16). The van der Waals surface area contributed by atoms with Crippen molar-refractivity contribution in [3.05, 3.63) is 4.88 Å². The molecule has 0 radical (unpaired) electrons. The van der Waals surface area contributed by atoms with Crippen molar-refractivity contribution in [2.24, 2.45) is 5.73 Å². The minimum atomic E-state index is -3.51. The van der Waals surface area contributed by atoms with E-state index in [4.69, 9.17) is 11.5 Å². The molecule has 0 spiro atoms. The molecule has 1 aromatic rings. The third-order valence-electron chi connectivity index (χ3n) is 3.43. The molecule has 0 aliphatic heterocycles. The Morgan fingerprint density at radius 3 is 2.40 bits per heavy atom. The van der Waals surface area contributed by atoms with Gasteiger partial charge in [0, 0.05) is 12.3 Å². The number of carbonyl (C=O) groups excluding carboxylic acids is 1. The Labute approximate surface area is 122 Å². The van der Waals surface area contributed by atoms with Gasteiger partial charge in [-0.3, -0.25) is 4.79 Å². The van der Waals surface area contributed by atoms with E-state index in [0.717, 1.165) is 43.3 Å². The summed E-state index contributed by atoms with van der Waals surface area (Å²) in [6.45, 7) is 0. The van der Waals surface area contributed by atoms with Crippen molar-refractivity contribution in [1.82, 2.24) is 0 Å². The average Bonchev–Trinajstić information content (AvgIpc) is 2.67. The summed E-state index contributed by atoms with van der Waals surface area (Å²) in [5.41, 5.74) is 11.0. The van der Waals surface area contributed by atoms with Crippen molar-refractivity contribution in [3.8, 4) is 0 Å². The number of nitrogens with one attached hydrogen (secondary N) is 1. The SMILES string of the molecule is CS(=O)(=O)c1c(NC2CCCCC2)sc(C(N)=O)c1N. The predicted octanol–water partition coefficient (Wildman–Crippen LogP) is 1.58.